The molecule has 1 aliphatic rings. The zero-order valence-electron chi connectivity index (χ0n) is 14.4. The van der Waals surface area contributed by atoms with Crippen molar-refractivity contribution in [3.63, 3.8) is 0 Å². The van der Waals surface area contributed by atoms with Crippen molar-refractivity contribution in [1.82, 2.24) is 10.6 Å². The van der Waals surface area contributed by atoms with Crippen molar-refractivity contribution in [3.8, 4) is 0 Å². The zero-order chi connectivity index (χ0) is 18.2. The number of amides is 2. The van der Waals surface area contributed by atoms with Crippen LogP contribution >= 0.6 is 0 Å². The van der Waals surface area contributed by atoms with Crippen LogP contribution in [0.3, 0.4) is 0 Å². The first kappa shape index (κ1) is 19.9. The second kappa shape index (κ2) is 8.64. The molecule has 0 spiro atoms. The van der Waals surface area contributed by atoms with Crippen LogP contribution in [0.5, 0.6) is 0 Å². The van der Waals surface area contributed by atoms with Gasteiger partial charge in [0.15, 0.2) is 0 Å². The monoisotopic (exact) mass is 331 g/mol. The Morgan fingerprint density at radius 2 is 1.33 bits per heavy atom. The van der Waals surface area contributed by atoms with E-state index in [9.17, 15) is 9.59 Å². The van der Waals surface area contributed by atoms with Gasteiger partial charge >= 0.3 is 11.8 Å². The van der Waals surface area contributed by atoms with Gasteiger partial charge in [-0.3, -0.25) is 9.59 Å². The smallest absolute Gasteiger partial charge is 0.309 e. The molecule has 132 valence electrons. The van der Waals surface area contributed by atoms with E-state index in [-0.39, 0.29) is 17.1 Å². The molecule has 0 aromatic carbocycles. The van der Waals surface area contributed by atoms with Crippen LogP contribution in [0, 0.1) is 0 Å². The average Bonchev–Trinajstić information content (AvgIpc) is 2.47. The number of hydrogen-bond donors (Lipinski definition) is 3. The summed E-state index contributed by atoms with van der Waals surface area (Å²) in [5, 5.41) is 6.53. The molecule has 4 N–H and O–H groups in total. The SMILES string of the molecule is C=CCC1(CC=C)CC(NC(=O)C(N)=O)CC(CC=C)(CC=C)N1. The molecule has 1 fully saturated rings. The molecule has 1 aliphatic heterocycles. The lowest BCUT2D eigenvalue weighted by Crippen LogP contribution is -2.66. The minimum absolute atomic E-state index is 0.175. The van der Waals surface area contributed by atoms with E-state index in [0.29, 0.717) is 12.8 Å². The summed E-state index contributed by atoms with van der Waals surface area (Å²) in [6.45, 7) is 15.4. The van der Waals surface area contributed by atoms with Gasteiger partial charge in [-0.15, -0.1) is 26.3 Å². The highest BCUT2D eigenvalue weighted by molar-refractivity contribution is 6.34. The molecule has 0 saturated carbocycles. The van der Waals surface area contributed by atoms with Crippen molar-refractivity contribution in [2.45, 2.75) is 55.6 Å². The summed E-state index contributed by atoms with van der Waals surface area (Å²) in [4.78, 5) is 22.9. The molecule has 0 unspecified atom stereocenters. The van der Waals surface area contributed by atoms with Crippen LogP contribution in [-0.4, -0.2) is 28.9 Å². The average molecular weight is 331 g/mol. The molecular weight excluding hydrogens is 302 g/mol. The van der Waals surface area contributed by atoms with E-state index < -0.39 is 11.8 Å². The summed E-state index contributed by atoms with van der Waals surface area (Å²) >= 11 is 0. The summed E-state index contributed by atoms with van der Waals surface area (Å²) in [6, 6.07) is -0.175. The van der Waals surface area contributed by atoms with Gasteiger partial charge in [-0.05, 0) is 38.5 Å². The molecule has 0 aromatic heterocycles. The third-order valence-electron chi connectivity index (χ3n) is 4.50. The number of rotatable bonds is 9. The molecule has 0 bridgehead atoms. The first-order valence-electron chi connectivity index (χ1n) is 8.19. The van der Waals surface area contributed by atoms with Crippen molar-refractivity contribution in [2.24, 2.45) is 5.73 Å². The summed E-state index contributed by atoms with van der Waals surface area (Å²) in [5.41, 5.74) is 4.52. The van der Waals surface area contributed by atoms with Crippen LogP contribution in [0.1, 0.15) is 38.5 Å². The number of carbonyl (C=O) groups excluding carboxylic acids is 2. The Balaban J connectivity index is 3.20. The summed E-state index contributed by atoms with van der Waals surface area (Å²) in [6.07, 6.45) is 11.7. The first-order chi connectivity index (χ1) is 11.4. The molecule has 5 heteroatoms. The molecule has 1 rings (SSSR count). The topological polar surface area (TPSA) is 84.2 Å². The molecule has 1 heterocycles. The number of carbonyl (C=O) groups is 2. The molecule has 24 heavy (non-hydrogen) atoms. The Morgan fingerprint density at radius 1 is 0.958 bits per heavy atom. The summed E-state index contributed by atoms with van der Waals surface area (Å²) in [5.74, 6) is -1.72. The lowest BCUT2D eigenvalue weighted by atomic mass is 9.70. The second-order valence-corrected chi connectivity index (χ2v) is 6.60. The number of nitrogens with two attached hydrogens (primary N) is 1. The fraction of sp³-hybridized carbons (Fsp3) is 0.474. The van der Waals surface area contributed by atoms with E-state index in [1.54, 1.807) is 0 Å². The van der Waals surface area contributed by atoms with Crippen LogP contribution in [0.2, 0.25) is 0 Å². The molecule has 1 saturated heterocycles. The number of nitrogens with one attached hydrogen (secondary N) is 2. The number of hydrogen-bond acceptors (Lipinski definition) is 3. The van der Waals surface area contributed by atoms with Crippen LogP contribution in [0.25, 0.3) is 0 Å². The fourth-order valence-corrected chi connectivity index (χ4v) is 3.85. The van der Waals surface area contributed by atoms with E-state index in [0.717, 1.165) is 25.7 Å². The predicted molar refractivity (Wildman–Crippen MR) is 98.2 cm³/mol. The van der Waals surface area contributed by atoms with Gasteiger partial charge in [-0.2, -0.15) is 0 Å². The predicted octanol–water partition coefficient (Wildman–Crippen LogP) is 2.12. The number of piperidine rings is 1. The molecule has 0 aromatic rings. The van der Waals surface area contributed by atoms with Gasteiger partial charge in [0, 0.05) is 17.1 Å². The standard InChI is InChI=1S/C19H29N3O2/c1-5-9-18(10-6-2)13-15(21-17(24)16(20)23)14-19(22-18,11-7-3)12-8-4/h5-8,15,22H,1-4,9-14H2,(H2,20,23)(H,21,24). The largest absolute Gasteiger partial charge is 0.361 e. The van der Waals surface area contributed by atoms with Crippen LogP contribution in [0.15, 0.2) is 50.6 Å². The fourth-order valence-electron chi connectivity index (χ4n) is 3.85. The Labute approximate surface area is 144 Å². The maximum Gasteiger partial charge on any atom is 0.309 e. The summed E-state index contributed by atoms with van der Waals surface area (Å²) < 4.78 is 0. The van der Waals surface area contributed by atoms with Crippen molar-refractivity contribution < 1.29 is 9.59 Å². The molecule has 0 atom stereocenters. The lowest BCUT2D eigenvalue weighted by molar-refractivity contribution is -0.138. The van der Waals surface area contributed by atoms with Gasteiger partial charge in [0.05, 0.1) is 0 Å². The van der Waals surface area contributed by atoms with Crippen molar-refractivity contribution in [3.05, 3.63) is 50.6 Å². The van der Waals surface area contributed by atoms with Gasteiger partial charge in [0.25, 0.3) is 0 Å². The Hall–Kier alpha value is -2.14. The minimum Gasteiger partial charge on any atom is -0.361 e. The van der Waals surface area contributed by atoms with E-state index >= 15 is 0 Å². The molecule has 0 aliphatic carbocycles. The van der Waals surface area contributed by atoms with Gasteiger partial charge in [-0.1, -0.05) is 24.3 Å². The highest BCUT2D eigenvalue weighted by Gasteiger charge is 2.46. The Bertz CT molecular complexity index is 473. The van der Waals surface area contributed by atoms with E-state index in [2.05, 4.69) is 36.9 Å². The Morgan fingerprint density at radius 3 is 1.62 bits per heavy atom. The summed E-state index contributed by atoms with van der Waals surface area (Å²) in [7, 11) is 0. The lowest BCUT2D eigenvalue weighted by Gasteiger charge is -2.52. The molecule has 0 radical (unpaired) electrons. The van der Waals surface area contributed by atoms with Gasteiger partial charge in [-0.25, -0.2) is 0 Å². The maximum atomic E-state index is 11.8. The quantitative estimate of drug-likeness (QED) is 0.447. The van der Waals surface area contributed by atoms with Gasteiger partial charge in [0.1, 0.15) is 0 Å². The highest BCUT2D eigenvalue weighted by atomic mass is 16.2. The highest BCUT2D eigenvalue weighted by Crippen LogP contribution is 2.38. The minimum atomic E-state index is -0.968. The van der Waals surface area contributed by atoms with E-state index in [1.807, 2.05) is 24.3 Å². The van der Waals surface area contributed by atoms with Crippen LogP contribution in [-0.2, 0) is 9.59 Å². The number of primary amides is 1. The molecular formula is C19H29N3O2. The van der Waals surface area contributed by atoms with Crippen molar-refractivity contribution >= 4 is 11.8 Å². The molecule has 2 amide bonds. The van der Waals surface area contributed by atoms with E-state index in [4.69, 9.17) is 5.73 Å². The van der Waals surface area contributed by atoms with Gasteiger partial charge in [0.2, 0.25) is 0 Å². The first-order valence-corrected chi connectivity index (χ1v) is 8.19. The van der Waals surface area contributed by atoms with Crippen LogP contribution in [0.4, 0.5) is 0 Å². The Kier molecular flexibility index (Phi) is 7.17. The van der Waals surface area contributed by atoms with Gasteiger partial charge < -0.3 is 16.4 Å². The third-order valence-corrected chi connectivity index (χ3v) is 4.50. The third kappa shape index (κ3) is 4.93. The van der Waals surface area contributed by atoms with Crippen molar-refractivity contribution in [1.29, 1.82) is 0 Å². The van der Waals surface area contributed by atoms with E-state index in [1.165, 1.54) is 0 Å². The van der Waals surface area contributed by atoms with Crippen LogP contribution < -0.4 is 16.4 Å². The second-order valence-electron chi connectivity index (χ2n) is 6.60. The zero-order valence-corrected chi connectivity index (χ0v) is 14.4. The van der Waals surface area contributed by atoms with Crippen molar-refractivity contribution in [2.75, 3.05) is 0 Å². The maximum absolute atomic E-state index is 11.8. The molecule has 5 nitrogen and oxygen atoms in total. The normalized spacial score (nSPS) is 19.0.